The van der Waals surface area contributed by atoms with Gasteiger partial charge in [0, 0.05) is 25.3 Å². The van der Waals surface area contributed by atoms with Crippen molar-refractivity contribution in [1.29, 1.82) is 0 Å². The minimum absolute atomic E-state index is 0.201. The molecule has 6 nitrogen and oxygen atoms in total. The Bertz CT molecular complexity index is 1010. The predicted octanol–water partition coefficient (Wildman–Crippen LogP) is 3.95. The second kappa shape index (κ2) is 8.49. The topological polar surface area (TPSA) is 78.5 Å². The highest BCUT2D eigenvalue weighted by Gasteiger charge is 2.16. The largest absolute Gasteiger partial charge is 0.345 e. The predicted molar refractivity (Wildman–Crippen MR) is 111 cm³/mol. The monoisotopic (exact) mass is 393 g/mol. The Balaban J connectivity index is 1.77. The minimum Gasteiger partial charge on any atom is -0.345 e. The first-order valence-electron chi connectivity index (χ1n) is 8.52. The standard InChI is InChI=1S/C21H19N3O3S/c1-24(2)21(27)16-9-3-4-10-17(16)23-19(25)14-7-5-8-15(13-14)22-20(26)18-11-6-12-28-18/h3-13H,1-2H3,(H,22,26)(H,23,25). The van der Waals surface area contributed by atoms with E-state index in [0.29, 0.717) is 27.4 Å². The van der Waals surface area contributed by atoms with E-state index in [0.717, 1.165) is 0 Å². The Kier molecular flexibility index (Phi) is 5.86. The first-order chi connectivity index (χ1) is 13.5. The van der Waals surface area contributed by atoms with Crippen molar-refractivity contribution in [3.05, 3.63) is 82.0 Å². The highest BCUT2D eigenvalue weighted by molar-refractivity contribution is 7.12. The molecule has 0 saturated heterocycles. The highest BCUT2D eigenvalue weighted by Crippen LogP contribution is 2.19. The van der Waals surface area contributed by atoms with Crippen LogP contribution in [0.3, 0.4) is 0 Å². The average Bonchev–Trinajstić information content (AvgIpc) is 3.23. The number of carbonyl (C=O) groups excluding carboxylic acids is 3. The van der Waals surface area contributed by atoms with E-state index in [1.165, 1.54) is 16.2 Å². The SMILES string of the molecule is CN(C)C(=O)c1ccccc1NC(=O)c1cccc(NC(=O)c2cccs2)c1. The number of anilines is 2. The van der Waals surface area contributed by atoms with Gasteiger partial charge in [-0.2, -0.15) is 0 Å². The number of thiophene rings is 1. The van der Waals surface area contributed by atoms with Crippen LogP contribution in [0.1, 0.15) is 30.4 Å². The summed E-state index contributed by atoms with van der Waals surface area (Å²) in [5.41, 5.74) is 1.72. The van der Waals surface area contributed by atoms with E-state index >= 15 is 0 Å². The number of rotatable bonds is 5. The second-order valence-electron chi connectivity index (χ2n) is 6.21. The lowest BCUT2D eigenvalue weighted by Crippen LogP contribution is -2.24. The van der Waals surface area contributed by atoms with Gasteiger partial charge in [0.25, 0.3) is 17.7 Å². The summed E-state index contributed by atoms with van der Waals surface area (Å²) in [6.07, 6.45) is 0. The summed E-state index contributed by atoms with van der Waals surface area (Å²) in [5.74, 6) is -0.798. The van der Waals surface area contributed by atoms with Crippen LogP contribution in [0.2, 0.25) is 0 Å². The Morgan fingerprint density at radius 1 is 0.857 bits per heavy atom. The smallest absolute Gasteiger partial charge is 0.265 e. The van der Waals surface area contributed by atoms with Crippen molar-refractivity contribution in [2.75, 3.05) is 24.7 Å². The molecule has 0 spiro atoms. The Hall–Kier alpha value is -3.45. The van der Waals surface area contributed by atoms with E-state index in [9.17, 15) is 14.4 Å². The molecule has 0 unspecified atom stereocenters. The van der Waals surface area contributed by atoms with Gasteiger partial charge in [-0.1, -0.05) is 24.3 Å². The molecule has 0 radical (unpaired) electrons. The molecule has 0 aliphatic carbocycles. The normalized spacial score (nSPS) is 10.2. The van der Waals surface area contributed by atoms with Crippen molar-refractivity contribution in [1.82, 2.24) is 4.90 Å². The minimum atomic E-state index is -0.369. The molecule has 0 fully saturated rings. The molecule has 0 saturated carbocycles. The maximum atomic E-state index is 12.7. The van der Waals surface area contributed by atoms with Gasteiger partial charge in [-0.15, -0.1) is 11.3 Å². The van der Waals surface area contributed by atoms with Crippen LogP contribution in [0.4, 0.5) is 11.4 Å². The number of hydrogen-bond acceptors (Lipinski definition) is 4. The van der Waals surface area contributed by atoms with Gasteiger partial charge < -0.3 is 15.5 Å². The van der Waals surface area contributed by atoms with Gasteiger partial charge >= 0.3 is 0 Å². The highest BCUT2D eigenvalue weighted by atomic mass is 32.1. The number of nitrogens with zero attached hydrogens (tertiary/aromatic N) is 1. The molecule has 2 aromatic carbocycles. The van der Waals surface area contributed by atoms with Gasteiger partial charge in [-0.3, -0.25) is 14.4 Å². The summed E-state index contributed by atoms with van der Waals surface area (Å²) in [5, 5.41) is 7.38. The second-order valence-corrected chi connectivity index (χ2v) is 7.16. The molecule has 0 bridgehead atoms. The lowest BCUT2D eigenvalue weighted by atomic mass is 10.1. The molecule has 3 rings (SSSR count). The summed E-state index contributed by atoms with van der Waals surface area (Å²) < 4.78 is 0. The summed E-state index contributed by atoms with van der Waals surface area (Å²) in [4.78, 5) is 39.2. The molecule has 1 aromatic heterocycles. The van der Waals surface area contributed by atoms with Crippen molar-refractivity contribution >= 4 is 40.4 Å². The van der Waals surface area contributed by atoms with Crippen LogP contribution >= 0.6 is 11.3 Å². The third kappa shape index (κ3) is 4.44. The fraction of sp³-hybridized carbons (Fsp3) is 0.0952. The maximum Gasteiger partial charge on any atom is 0.265 e. The molecular formula is C21H19N3O3S. The Morgan fingerprint density at radius 2 is 1.64 bits per heavy atom. The van der Waals surface area contributed by atoms with Crippen molar-refractivity contribution in [2.45, 2.75) is 0 Å². The van der Waals surface area contributed by atoms with E-state index in [4.69, 9.17) is 0 Å². The zero-order valence-electron chi connectivity index (χ0n) is 15.4. The first kappa shape index (κ1) is 19.3. The number of hydrogen-bond donors (Lipinski definition) is 2. The molecule has 1 heterocycles. The quantitative estimate of drug-likeness (QED) is 0.689. The van der Waals surface area contributed by atoms with Crippen LogP contribution in [0.25, 0.3) is 0 Å². The molecule has 0 aliphatic rings. The number of benzene rings is 2. The third-order valence-electron chi connectivity index (χ3n) is 3.94. The summed E-state index contributed by atoms with van der Waals surface area (Å²) in [6.45, 7) is 0. The summed E-state index contributed by atoms with van der Waals surface area (Å²) >= 11 is 1.34. The molecule has 0 aliphatic heterocycles. The Labute approximate surface area is 166 Å². The molecule has 3 aromatic rings. The lowest BCUT2D eigenvalue weighted by molar-refractivity contribution is 0.0828. The molecule has 7 heteroatoms. The maximum absolute atomic E-state index is 12.7. The summed E-state index contributed by atoms with van der Waals surface area (Å²) in [6, 6.07) is 17.0. The molecule has 28 heavy (non-hydrogen) atoms. The molecule has 3 amide bonds. The van der Waals surface area contributed by atoms with Crippen LogP contribution in [0.15, 0.2) is 66.0 Å². The van der Waals surface area contributed by atoms with E-state index in [1.54, 1.807) is 74.8 Å². The van der Waals surface area contributed by atoms with Crippen molar-refractivity contribution < 1.29 is 14.4 Å². The number of amides is 3. The van der Waals surface area contributed by atoms with E-state index in [2.05, 4.69) is 10.6 Å². The van der Waals surface area contributed by atoms with Crippen LogP contribution in [-0.4, -0.2) is 36.7 Å². The van der Waals surface area contributed by atoms with Crippen LogP contribution in [-0.2, 0) is 0 Å². The van der Waals surface area contributed by atoms with Crippen LogP contribution in [0, 0.1) is 0 Å². The van der Waals surface area contributed by atoms with Gasteiger partial charge in [-0.25, -0.2) is 0 Å². The van der Waals surface area contributed by atoms with Crippen LogP contribution in [0.5, 0.6) is 0 Å². The number of nitrogens with one attached hydrogen (secondary N) is 2. The fourth-order valence-corrected chi connectivity index (χ4v) is 3.17. The summed E-state index contributed by atoms with van der Waals surface area (Å²) in [7, 11) is 3.31. The molecule has 142 valence electrons. The zero-order valence-corrected chi connectivity index (χ0v) is 16.2. The zero-order chi connectivity index (χ0) is 20.1. The number of para-hydroxylation sites is 1. The van der Waals surface area contributed by atoms with E-state index < -0.39 is 0 Å². The van der Waals surface area contributed by atoms with Crippen molar-refractivity contribution in [2.24, 2.45) is 0 Å². The molecular weight excluding hydrogens is 374 g/mol. The number of carbonyl (C=O) groups is 3. The van der Waals surface area contributed by atoms with Gasteiger partial charge in [0.05, 0.1) is 16.1 Å². The average molecular weight is 393 g/mol. The van der Waals surface area contributed by atoms with E-state index in [-0.39, 0.29) is 17.7 Å². The first-order valence-corrected chi connectivity index (χ1v) is 9.40. The van der Waals surface area contributed by atoms with Gasteiger partial charge in [0.15, 0.2) is 0 Å². The van der Waals surface area contributed by atoms with Crippen molar-refractivity contribution in [3.8, 4) is 0 Å². The van der Waals surface area contributed by atoms with Gasteiger partial charge in [0.2, 0.25) is 0 Å². The van der Waals surface area contributed by atoms with E-state index in [1.807, 2.05) is 5.38 Å². The Morgan fingerprint density at radius 3 is 2.36 bits per heavy atom. The molecule has 0 atom stereocenters. The molecule has 2 N–H and O–H groups in total. The van der Waals surface area contributed by atoms with Gasteiger partial charge in [0.1, 0.15) is 0 Å². The van der Waals surface area contributed by atoms with Crippen LogP contribution < -0.4 is 10.6 Å². The lowest BCUT2D eigenvalue weighted by Gasteiger charge is -2.15. The van der Waals surface area contributed by atoms with Gasteiger partial charge in [-0.05, 0) is 41.8 Å². The third-order valence-corrected chi connectivity index (χ3v) is 4.81. The van der Waals surface area contributed by atoms with Crippen molar-refractivity contribution in [3.63, 3.8) is 0 Å². The fourth-order valence-electron chi connectivity index (χ4n) is 2.55.